The highest BCUT2D eigenvalue weighted by Gasteiger charge is 2.02. The number of rotatable bonds is 3. The molecule has 0 aliphatic heterocycles. The molecule has 0 amide bonds. The van der Waals surface area contributed by atoms with E-state index in [9.17, 15) is 0 Å². The number of aromatic nitrogens is 3. The van der Waals surface area contributed by atoms with Crippen LogP contribution in [0.4, 0.5) is 0 Å². The Hall–Kier alpha value is -1.52. The molecule has 4 nitrogen and oxygen atoms in total. The van der Waals surface area contributed by atoms with Gasteiger partial charge in [0.25, 0.3) is 0 Å². The molecule has 16 heavy (non-hydrogen) atoms. The lowest BCUT2D eigenvalue weighted by Gasteiger charge is -2.02. The van der Waals surface area contributed by atoms with Crippen LogP contribution >= 0.6 is 11.6 Å². The zero-order valence-corrected chi connectivity index (χ0v) is 9.57. The van der Waals surface area contributed by atoms with E-state index in [1.807, 2.05) is 31.3 Å². The molecule has 0 aliphatic carbocycles. The quantitative estimate of drug-likeness (QED) is 0.882. The first-order chi connectivity index (χ1) is 7.79. The maximum absolute atomic E-state index is 5.82. The molecule has 5 heteroatoms. The fraction of sp³-hybridized carbons (Fsp3) is 0.182. The maximum atomic E-state index is 5.82. The molecule has 0 spiro atoms. The van der Waals surface area contributed by atoms with Gasteiger partial charge in [0, 0.05) is 10.6 Å². The average molecular weight is 235 g/mol. The van der Waals surface area contributed by atoms with Crippen LogP contribution in [0.5, 0.6) is 0 Å². The maximum Gasteiger partial charge on any atom is 0.165 e. The lowest BCUT2D eigenvalue weighted by molar-refractivity contribution is 0.731. The summed E-state index contributed by atoms with van der Waals surface area (Å²) in [7, 11) is 1.85. The molecular weight excluding hydrogens is 224 g/mol. The van der Waals surface area contributed by atoms with Crippen LogP contribution in [0.15, 0.2) is 30.5 Å². The number of hydrogen-bond acceptors (Lipinski definition) is 4. The standard InChI is InChI=1S/C11H11ClN4/c1-13-7-11-15-10(6-14-16-11)8-2-4-9(12)5-3-8/h2-6,13H,7H2,1H3. The Balaban J connectivity index is 2.32. The van der Waals surface area contributed by atoms with Crippen molar-refractivity contribution < 1.29 is 0 Å². The summed E-state index contributed by atoms with van der Waals surface area (Å²) in [6.07, 6.45) is 1.64. The zero-order chi connectivity index (χ0) is 11.4. The zero-order valence-electron chi connectivity index (χ0n) is 8.81. The lowest BCUT2D eigenvalue weighted by Crippen LogP contribution is -2.10. The molecule has 2 rings (SSSR count). The molecule has 0 saturated carbocycles. The van der Waals surface area contributed by atoms with Crippen LogP contribution in [-0.4, -0.2) is 22.2 Å². The van der Waals surface area contributed by atoms with Gasteiger partial charge in [-0.25, -0.2) is 4.98 Å². The van der Waals surface area contributed by atoms with E-state index in [-0.39, 0.29) is 0 Å². The molecule has 0 atom stereocenters. The van der Waals surface area contributed by atoms with Gasteiger partial charge in [0.15, 0.2) is 5.82 Å². The van der Waals surface area contributed by atoms with Crippen LogP contribution in [0.2, 0.25) is 5.02 Å². The van der Waals surface area contributed by atoms with Crippen LogP contribution in [-0.2, 0) is 6.54 Å². The Morgan fingerprint density at radius 2 is 2.00 bits per heavy atom. The summed E-state index contributed by atoms with van der Waals surface area (Å²) in [5, 5.41) is 11.5. The molecule has 1 N–H and O–H groups in total. The fourth-order valence-corrected chi connectivity index (χ4v) is 1.46. The second-order valence-electron chi connectivity index (χ2n) is 3.30. The Bertz CT molecular complexity index is 470. The molecule has 0 aliphatic rings. The van der Waals surface area contributed by atoms with Crippen LogP contribution in [0, 0.1) is 0 Å². The van der Waals surface area contributed by atoms with Crippen LogP contribution < -0.4 is 5.32 Å². The first kappa shape index (κ1) is 11.0. The third-order valence-electron chi connectivity index (χ3n) is 2.08. The molecule has 2 aromatic rings. The van der Waals surface area contributed by atoms with Crippen molar-refractivity contribution in [2.45, 2.75) is 6.54 Å². The van der Waals surface area contributed by atoms with E-state index in [0.29, 0.717) is 17.4 Å². The van der Waals surface area contributed by atoms with Crippen LogP contribution in [0.1, 0.15) is 5.82 Å². The molecule has 0 bridgehead atoms. The number of halogens is 1. The summed E-state index contributed by atoms with van der Waals surface area (Å²) >= 11 is 5.82. The van der Waals surface area contributed by atoms with Gasteiger partial charge in [0.2, 0.25) is 0 Å². The van der Waals surface area contributed by atoms with Gasteiger partial charge >= 0.3 is 0 Å². The van der Waals surface area contributed by atoms with Gasteiger partial charge in [-0.05, 0) is 19.2 Å². The van der Waals surface area contributed by atoms with Crippen LogP contribution in [0.3, 0.4) is 0 Å². The smallest absolute Gasteiger partial charge is 0.165 e. The second kappa shape index (κ2) is 5.01. The van der Waals surface area contributed by atoms with E-state index >= 15 is 0 Å². The Kier molecular flexibility index (Phi) is 3.44. The van der Waals surface area contributed by atoms with E-state index in [1.54, 1.807) is 6.20 Å². The molecular formula is C11H11ClN4. The summed E-state index contributed by atoms with van der Waals surface area (Å²) in [6.45, 7) is 0.606. The Morgan fingerprint density at radius 3 is 2.69 bits per heavy atom. The van der Waals surface area contributed by atoms with E-state index in [4.69, 9.17) is 11.6 Å². The van der Waals surface area contributed by atoms with Gasteiger partial charge < -0.3 is 5.32 Å². The van der Waals surface area contributed by atoms with Crippen molar-refractivity contribution in [3.63, 3.8) is 0 Å². The van der Waals surface area contributed by atoms with Gasteiger partial charge in [0.1, 0.15) is 0 Å². The summed E-state index contributed by atoms with van der Waals surface area (Å²) in [4.78, 5) is 4.38. The molecule has 0 unspecified atom stereocenters. The summed E-state index contributed by atoms with van der Waals surface area (Å²) in [6, 6.07) is 7.48. The summed E-state index contributed by atoms with van der Waals surface area (Å²) < 4.78 is 0. The van der Waals surface area contributed by atoms with E-state index in [1.165, 1.54) is 0 Å². The molecule has 1 aromatic heterocycles. The molecule has 0 radical (unpaired) electrons. The topological polar surface area (TPSA) is 50.7 Å². The van der Waals surface area contributed by atoms with Crippen molar-refractivity contribution in [3.05, 3.63) is 41.3 Å². The Morgan fingerprint density at radius 1 is 1.25 bits per heavy atom. The molecule has 82 valence electrons. The predicted octanol–water partition coefficient (Wildman–Crippen LogP) is 1.91. The van der Waals surface area contributed by atoms with Crippen LogP contribution in [0.25, 0.3) is 11.3 Å². The van der Waals surface area contributed by atoms with Gasteiger partial charge in [0.05, 0.1) is 18.4 Å². The largest absolute Gasteiger partial charge is 0.313 e. The normalized spacial score (nSPS) is 10.4. The minimum absolute atomic E-state index is 0.606. The second-order valence-corrected chi connectivity index (χ2v) is 3.73. The SMILES string of the molecule is CNCc1nncc(-c2ccc(Cl)cc2)n1. The highest BCUT2D eigenvalue weighted by atomic mass is 35.5. The van der Waals surface area contributed by atoms with Gasteiger partial charge in [-0.1, -0.05) is 23.7 Å². The number of benzene rings is 1. The van der Waals surface area contributed by atoms with Gasteiger partial charge in [-0.3, -0.25) is 0 Å². The first-order valence-corrected chi connectivity index (χ1v) is 5.26. The number of nitrogens with one attached hydrogen (secondary N) is 1. The first-order valence-electron chi connectivity index (χ1n) is 4.89. The van der Waals surface area contributed by atoms with Crippen molar-refractivity contribution in [2.24, 2.45) is 0 Å². The van der Waals surface area contributed by atoms with E-state index in [0.717, 1.165) is 11.3 Å². The van der Waals surface area contributed by atoms with Gasteiger partial charge in [-0.2, -0.15) is 5.10 Å². The highest BCUT2D eigenvalue weighted by Crippen LogP contribution is 2.18. The third kappa shape index (κ3) is 2.53. The van der Waals surface area contributed by atoms with Crippen molar-refractivity contribution in [1.82, 2.24) is 20.5 Å². The molecule has 1 aromatic carbocycles. The number of hydrogen-bond donors (Lipinski definition) is 1. The third-order valence-corrected chi connectivity index (χ3v) is 2.33. The molecule has 0 saturated heterocycles. The van der Waals surface area contributed by atoms with Crippen molar-refractivity contribution in [1.29, 1.82) is 0 Å². The minimum atomic E-state index is 0.606. The van der Waals surface area contributed by atoms with E-state index < -0.39 is 0 Å². The van der Waals surface area contributed by atoms with Crippen molar-refractivity contribution in [2.75, 3.05) is 7.05 Å². The Labute approximate surface area is 98.7 Å². The monoisotopic (exact) mass is 234 g/mol. The minimum Gasteiger partial charge on any atom is -0.313 e. The van der Waals surface area contributed by atoms with Crippen molar-refractivity contribution in [3.8, 4) is 11.3 Å². The predicted molar refractivity (Wildman–Crippen MR) is 63.0 cm³/mol. The summed E-state index contributed by atoms with van der Waals surface area (Å²) in [5.41, 5.74) is 1.79. The fourth-order valence-electron chi connectivity index (χ4n) is 1.33. The van der Waals surface area contributed by atoms with Gasteiger partial charge in [-0.15, -0.1) is 5.10 Å². The number of nitrogens with zero attached hydrogens (tertiary/aromatic N) is 3. The average Bonchev–Trinajstić information content (AvgIpc) is 2.31. The van der Waals surface area contributed by atoms with E-state index in [2.05, 4.69) is 20.5 Å². The summed E-state index contributed by atoms with van der Waals surface area (Å²) in [5.74, 6) is 0.676. The van der Waals surface area contributed by atoms with Crippen molar-refractivity contribution >= 4 is 11.6 Å². The highest BCUT2D eigenvalue weighted by molar-refractivity contribution is 6.30. The molecule has 1 heterocycles. The lowest BCUT2D eigenvalue weighted by atomic mass is 10.2. The molecule has 0 fully saturated rings.